The number of carbonyl (C=O) groups excluding carboxylic acids is 3. The lowest BCUT2D eigenvalue weighted by Gasteiger charge is -2.02. The maximum Gasteiger partial charge on any atom is 0.338 e. The van der Waals surface area contributed by atoms with Gasteiger partial charge in [0.15, 0.2) is 5.78 Å². The van der Waals surface area contributed by atoms with Crippen LogP contribution in [0.3, 0.4) is 0 Å². The third kappa shape index (κ3) is 5.00. The van der Waals surface area contributed by atoms with E-state index in [1.54, 1.807) is 24.6 Å². The number of aliphatic hydroxyl groups is 1. The first kappa shape index (κ1) is 22.0. The van der Waals surface area contributed by atoms with Gasteiger partial charge >= 0.3 is 11.9 Å². The topological polar surface area (TPSA) is 89.9 Å². The van der Waals surface area contributed by atoms with Gasteiger partial charge in [0.1, 0.15) is 0 Å². The molecule has 1 atom stereocenters. The number of aliphatic hydroxyl groups excluding tert-OH is 1. The van der Waals surface area contributed by atoms with Gasteiger partial charge in [0, 0.05) is 15.6 Å². The van der Waals surface area contributed by atoms with Gasteiger partial charge in [-0.2, -0.15) is 0 Å². The summed E-state index contributed by atoms with van der Waals surface area (Å²) >= 11 is 2.65. The average Bonchev–Trinajstić information content (AvgIpc) is 3.17. The molecular formula is C18H22O6S2. The molecule has 8 heteroatoms. The predicted octanol–water partition coefficient (Wildman–Crippen LogP) is 3.94. The zero-order valence-electron chi connectivity index (χ0n) is 15.5. The first-order valence-corrected chi connectivity index (χ1v) is 9.43. The molecule has 0 amide bonds. The van der Waals surface area contributed by atoms with Crippen molar-refractivity contribution in [2.45, 2.75) is 33.8 Å². The second-order valence-electron chi connectivity index (χ2n) is 5.46. The molecular weight excluding hydrogens is 376 g/mol. The standard InChI is InChI=1S/C9H12O3S.C9H10O3S/c2*1-5-7(9(11)12-3)4-13-8(5)6(2)10/h4,6,10H,1-3H3;4H,1-3H3. The molecule has 0 saturated heterocycles. The average molecular weight is 399 g/mol. The molecule has 2 heterocycles. The summed E-state index contributed by atoms with van der Waals surface area (Å²) in [7, 11) is 2.67. The fourth-order valence-corrected chi connectivity index (χ4v) is 4.19. The van der Waals surface area contributed by atoms with Crippen LogP contribution in [-0.4, -0.2) is 37.0 Å². The Hall–Kier alpha value is -2.03. The molecule has 0 spiro atoms. The summed E-state index contributed by atoms with van der Waals surface area (Å²) in [6.07, 6.45) is -0.525. The zero-order valence-corrected chi connectivity index (χ0v) is 17.2. The summed E-state index contributed by atoms with van der Waals surface area (Å²) in [4.78, 5) is 34.8. The molecule has 0 aliphatic carbocycles. The number of hydrogen-bond acceptors (Lipinski definition) is 8. The van der Waals surface area contributed by atoms with E-state index >= 15 is 0 Å². The van der Waals surface area contributed by atoms with Crippen molar-refractivity contribution in [3.05, 3.63) is 42.8 Å². The Morgan fingerprint density at radius 3 is 1.77 bits per heavy atom. The number of esters is 2. The lowest BCUT2D eigenvalue weighted by molar-refractivity contribution is 0.0591. The van der Waals surface area contributed by atoms with Gasteiger partial charge in [0.2, 0.25) is 0 Å². The van der Waals surface area contributed by atoms with Gasteiger partial charge in [0.25, 0.3) is 0 Å². The molecule has 2 aromatic rings. The van der Waals surface area contributed by atoms with Crippen LogP contribution in [0, 0.1) is 13.8 Å². The van der Waals surface area contributed by atoms with E-state index in [1.165, 1.54) is 43.8 Å². The zero-order chi connectivity index (χ0) is 20.0. The highest BCUT2D eigenvalue weighted by Gasteiger charge is 2.17. The fourth-order valence-electron chi connectivity index (χ4n) is 2.23. The lowest BCUT2D eigenvalue weighted by atomic mass is 10.1. The van der Waals surface area contributed by atoms with E-state index in [1.807, 2.05) is 6.92 Å². The first-order valence-electron chi connectivity index (χ1n) is 7.67. The summed E-state index contributed by atoms with van der Waals surface area (Å²) in [5.74, 6) is -0.750. The Kier molecular flexibility index (Phi) is 8.13. The largest absolute Gasteiger partial charge is 0.465 e. The van der Waals surface area contributed by atoms with Crippen LogP contribution in [0.5, 0.6) is 0 Å². The highest BCUT2D eigenvalue weighted by molar-refractivity contribution is 7.12. The summed E-state index contributed by atoms with van der Waals surface area (Å²) < 4.78 is 9.16. The van der Waals surface area contributed by atoms with Crippen LogP contribution in [0.1, 0.15) is 66.3 Å². The van der Waals surface area contributed by atoms with E-state index in [0.717, 1.165) is 10.4 Å². The van der Waals surface area contributed by atoms with E-state index in [-0.39, 0.29) is 17.7 Å². The summed E-state index contributed by atoms with van der Waals surface area (Å²) in [5.41, 5.74) is 2.55. The van der Waals surface area contributed by atoms with E-state index in [9.17, 15) is 19.5 Å². The first-order chi connectivity index (χ1) is 12.1. The van der Waals surface area contributed by atoms with Gasteiger partial charge in [-0.25, -0.2) is 9.59 Å². The second-order valence-corrected chi connectivity index (χ2v) is 7.25. The summed E-state index contributed by atoms with van der Waals surface area (Å²) in [6.45, 7) is 6.73. The van der Waals surface area contributed by atoms with Crippen molar-refractivity contribution in [2.24, 2.45) is 0 Å². The molecule has 1 unspecified atom stereocenters. The SMILES string of the molecule is COC(=O)c1csc(C(C)=O)c1C.COC(=O)c1csc(C(C)O)c1C. The summed E-state index contributed by atoms with van der Waals surface area (Å²) in [6, 6.07) is 0. The van der Waals surface area contributed by atoms with Crippen molar-refractivity contribution in [3.8, 4) is 0 Å². The number of carbonyl (C=O) groups is 3. The number of hydrogen-bond donors (Lipinski definition) is 1. The van der Waals surface area contributed by atoms with E-state index in [4.69, 9.17) is 0 Å². The van der Waals surface area contributed by atoms with Crippen LogP contribution in [0.25, 0.3) is 0 Å². The summed E-state index contributed by atoms with van der Waals surface area (Å²) in [5, 5.41) is 12.7. The minimum atomic E-state index is -0.525. The van der Waals surface area contributed by atoms with Crippen LogP contribution in [-0.2, 0) is 9.47 Å². The van der Waals surface area contributed by atoms with Crippen molar-refractivity contribution in [2.75, 3.05) is 14.2 Å². The number of methoxy groups -OCH3 is 2. The molecule has 0 aliphatic rings. The molecule has 0 radical (unpaired) electrons. The highest BCUT2D eigenvalue weighted by atomic mass is 32.1. The van der Waals surface area contributed by atoms with Gasteiger partial charge in [-0.15, -0.1) is 22.7 Å². The van der Waals surface area contributed by atoms with Gasteiger partial charge in [0.05, 0.1) is 36.3 Å². The molecule has 0 aliphatic heterocycles. The molecule has 142 valence electrons. The molecule has 26 heavy (non-hydrogen) atoms. The Morgan fingerprint density at radius 2 is 1.42 bits per heavy atom. The van der Waals surface area contributed by atoms with Gasteiger partial charge in [-0.1, -0.05) is 0 Å². The normalized spacial score (nSPS) is 11.2. The number of Topliss-reactive ketones (excluding diaryl/α,β-unsaturated/α-hetero) is 1. The van der Waals surface area contributed by atoms with Crippen LogP contribution in [0.15, 0.2) is 10.8 Å². The molecule has 6 nitrogen and oxygen atoms in total. The fraction of sp³-hybridized carbons (Fsp3) is 0.389. The van der Waals surface area contributed by atoms with Gasteiger partial charge in [-0.3, -0.25) is 4.79 Å². The Morgan fingerprint density at radius 1 is 0.962 bits per heavy atom. The Labute approximate surface area is 160 Å². The van der Waals surface area contributed by atoms with Crippen LogP contribution >= 0.6 is 22.7 Å². The van der Waals surface area contributed by atoms with Crippen LogP contribution in [0.4, 0.5) is 0 Å². The van der Waals surface area contributed by atoms with Crippen molar-refractivity contribution >= 4 is 40.4 Å². The molecule has 2 rings (SSSR count). The molecule has 2 aromatic heterocycles. The predicted molar refractivity (Wildman–Crippen MR) is 101 cm³/mol. The number of thiophene rings is 2. The third-order valence-corrected chi connectivity index (χ3v) is 6.06. The smallest absolute Gasteiger partial charge is 0.338 e. The number of ketones is 1. The maximum absolute atomic E-state index is 11.2. The van der Waals surface area contributed by atoms with Crippen LogP contribution < -0.4 is 0 Å². The lowest BCUT2D eigenvalue weighted by Crippen LogP contribution is -2.02. The molecule has 0 saturated carbocycles. The molecule has 0 fully saturated rings. The number of ether oxygens (including phenoxy) is 2. The van der Waals surface area contributed by atoms with E-state index < -0.39 is 6.10 Å². The van der Waals surface area contributed by atoms with Gasteiger partial charge in [-0.05, 0) is 38.8 Å². The minimum Gasteiger partial charge on any atom is -0.465 e. The molecule has 0 bridgehead atoms. The van der Waals surface area contributed by atoms with Gasteiger partial charge < -0.3 is 14.6 Å². The van der Waals surface area contributed by atoms with Crippen molar-refractivity contribution in [1.29, 1.82) is 0 Å². The Balaban J connectivity index is 0.000000260. The maximum atomic E-state index is 11.2. The Bertz CT molecular complexity index is 801. The van der Waals surface area contributed by atoms with E-state index in [0.29, 0.717) is 21.6 Å². The molecule has 0 aromatic carbocycles. The van der Waals surface area contributed by atoms with Crippen molar-refractivity contribution < 1.29 is 29.0 Å². The minimum absolute atomic E-state index is 0.0161. The van der Waals surface area contributed by atoms with Crippen molar-refractivity contribution in [1.82, 2.24) is 0 Å². The third-order valence-electron chi connectivity index (χ3n) is 3.63. The van der Waals surface area contributed by atoms with Crippen LogP contribution in [0.2, 0.25) is 0 Å². The van der Waals surface area contributed by atoms with Crippen molar-refractivity contribution in [3.63, 3.8) is 0 Å². The van der Waals surface area contributed by atoms with E-state index in [2.05, 4.69) is 9.47 Å². The number of rotatable bonds is 4. The quantitative estimate of drug-likeness (QED) is 0.620. The monoisotopic (exact) mass is 398 g/mol. The highest BCUT2D eigenvalue weighted by Crippen LogP contribution is 2.27. The second kappa shape index (κ2) is 9.61. The molecule has 1 N–H and O–H groups in total.